The van der Waals surface area contributed by atoms with E-state index in [0.717, 1.165) is 24.3 Å². The predicted molar refractivity (Wildman–Crippen MR) is 47.9 cm³/mol. The van der Waals surface area contributed by atoms with E-state index in [1.807, 2.05) is 0 Å². The quantitative estimate of drug-likeness (QED) is 0.574. The van der Waals surface area contributed by atoms with Gasteiger partial charge in [0.1, 0.15) is 0 Å². The maximum absolute atomic E-state index is 12.2. The first-order chi connectivity index (χ1) is 7.49. The highest BCUT2D eigenvalue weighted by molar-refractivity contribution is 5.38. The molecule has 1 unspecified atom stereocenters. The maximum Gasteiger partial charge on any atom is 0.416 e. The van der Waals surface area contributed by atoms with Crippen LogP contribution in [0.4, 0.5) is 13.2 Å². The summed E-state index contributed by atoms with van der Waals surface area (Å²) in [5.41, 5.74) is -0.595. The summed E-state index contributed by atoms with van der Waals surface area (Å²) >= 11 is 0. The molecule has 0 fully saturated rings. The van der Waals surface area contributed by atoms with Gasteiger partial charge in [-0.3, -0.25) is 0 Å². The molecule has 0 N–H and O–H groups in total. The lowest BCUT2D eigenvalue weighted by atomic mass is 10.1. The molecule has 0 aliphatic rings. The molecule has 1 rings (SSSR count). The van der Waals surface area contributed by atoms with Crippen molar-refractivity contribution in [3.05, 3.63) is 35.4 Å². The van der Waals surface area contributed by atoms with Crippen molar-refractivity contribution >= 4 is 6.08 Å². The van der Waals surface area contributed by atoms with Crippen molar-refractivity contribution < 1.29 is 18.0 Å². The fourth-order valence-electron chi connectivity index (χ4n) is 1.09. The molecule has 0 amide bonds. The van der Waals surface area contributed by atoms with Crippen molar-refractivity contribution in [2.45, 2.75) is 12.2 Å². The average molecular weight is 226 g/mol. The van der Waals surface area contributed by atoms with E-state index in [-0.39, 0.29) is 5.56 Å². The molecule has 0 saturated heterocycles. The standard InChI is InChI=1S/C10H5F3N2O/c11-10(12,13)8-3-1-7(2-4-8)9(5-14)15-6-16/h1-4,9H. The van der Waals surface area contributed by atoms with Crippen LogP contribution in [0.1, 0.15) is 17.2 Å². The molecule has 0 aliphatic heterocycles. The summed E-state index contributed by atoms with van der Waals surface area (Å²) < 4.78 is 36.6. The molecule has 82 valence electrons. The van der Waals surface area contributed by atoms with Crippen LogP contribution in [-0.2, 0) is 11.0 Å². The Hall–Kier alpha value is -2.12. The van der Waals surface area contributed by atoms with Crippen molar-refractivity contribution in [3.63, 3.8) is 0 Å². The second kappa shape index (κ2) is 4.60. The summed E-state index contributed by atoms with van der Waals surface area (Å²) in [6.07, 6.45) is -3.23. The van der Waals surface area contributed by atoms with E-state index in [2.05, 4.69) is 4.99 Å². The molecule has 1 aromatic rings. The lowest BCUT2D eigenvalue weighted by Crippen LogP contribution is -2.04. The normalized spacial score (nSPS) is 12.4. The number of alkyl halides is 3. The summed E-state index contributed by atoms with van der Waals surface area (Å²) in [6.45, 7) is 0. The van der Waals surface area contributed by atoms with Crippen molar-refractivity contribution in [1.82, 2.24) is 0 Å². The van der Waals surface area contributed by atoms with Gasteiger partial charge in [0.05, 0.1) is 11.6 Å². The maximum atomic E-state index is 12.2. The lowest BCUT2D eigenvalue weighted by Gasteiger charge is -2.07. The van der Waals surface area contributed by atoms with Gasteiger partial charge in [-0.2, -0.15) is 23.4 Å². The van der Waals surface area contributed by atoms with Crippen LogP contribution in [0.5, 0.6) is 0 Å². The second-order valence-corrected chi connectivity index (χ2v) is 2.87. The zero-order valence-electron chi connectivity index (χ0n) is 7.82. The first kappa shape index (κ1) is 12.0. The molecule has 3 nitrogen and oxygen atoms in total. The fourth-order valence-corrected chi connectivity index (χ4v) is 1.09. The van der Waals surface area contributed by atoms with Gasteiger partial charge < -0.3 is 0 Å². The summed E-state index contributed by atoms with van der Waals surface area (Å²) in [6, 6.07) is 4.44. The van der Waals surface area contributed by atoms with Crippen LogP contribution in [-0.4, -0.2) is 6.08 Å². The Balaban J connectivity index is 3.04. The fraction of sp³-hybridized carbons (Fsp3) is 0.200. The molecule has 0 aromatic heterocycles. The van der Waals surface area contributed by atoms with Gasteiger partial charge in [-0.1, -0.05) is 12.1 Å². The predicted octanol–water partition coefficient (Wildman–Crippen LogP) is 2.61. The van der Waals surface area contributed by atoms with Gasteiger partial charge in [-0.05, 0) is 17.7 Å². The van der Waals surface area contributed by atoms with Crippen molar-refractivity contribution in [2.24, 2.45) is 4.99 Å². The van der Waals surface area contributed by atoms with Crippen molar-refractivity contribution in [3.8, 4) is 6.07 Å². The van der Waals surface area contributed by atoms with Crippen LogP contribution in [0.15, 0.2) is 29.3 Å². The van der Waals surface area contributed by atoms with E-state index in [4.69, 9.17) is 5.26 Å². The van der Waals surface area contributed by atoms with Crippen LogP contribution in [0.2, 0.25) is 0 Å². The largest absolute Gasteiger partial charge is 0.416 e. The van der Waals surface area contributed by atoms with Crippen LogP contribution in [0, 0.1) is 11.3 Å². The zero-order valence-corrected chi connectivity index (χ0v) is 7.82. The molecule has 0 radical (unpaired) electrons. The zero-order chi connectivity index (χ0) is 12.2. The number of carbonyl (C=O) groups excluding carboxylic acids is 1. The molecule has 1 aromatic carbocycles. The summed E-state index contributed by atoms with van der Waals surface area (Å²) in [7, 11) is 0. The highest BCUT2D eigenvalue weighted by Crippen LogP contribution is 2.30. The van der Waals surface area contributed by atoms with Crippen molar-refractivity contribution in [1.29, 1.82) is 5.26 Å². The van der Waals surface area contributed by atoms with E-state index >= 15 is 0 Å². The molecule has 0 spiro atoms. The minimum absolute atomic E-state index is 0.221. The van der Waals surface area contributed by atoms with Gasteiger partial charge in [0.2, 0.25) is 6.08 Å². The average Bonchev–Trinajstić information content (AvgIpc) is 2.25. The number of halogens is 3. The Morgan fingerprint density at radius 1 is 1.25 bits per heavy atom. The molecular formula is C10H5F3N2O. The van der Waals surface area contributed by atoms with E-state index in [1.54, 1.807) is 6.07 Å². The molecule has 0 aliphatic carbocycles. The Kier molecular flexibility index (Phi) is 3.44. The number of hydrogen-bond acceptors (Lipinski definition) is 3. The van der Waals surface area contributed by atoms with Gasteiger partial charge >= 0.3 is 6.18 Å². The Bertz CT molecular complexity index is 452. The summed E-state index contributed by atoms with van der Waals surface area (Å²) in [5.74, 6) is 0. The van der Waals surface area contributed by atoms with Crippen LogP contribution in [0.3, 0.4) is 0 Å². The van der Waals surface area contributed by atoms with Crippen molar-refractivity contribution in [2.75, 3.05) is 0 Å². The van der Waals surface area contributed by atoms with Crippen LogP contribution < -0.4 is 0 Å². The van der Waals surface area contributed by atoms with E-state index in [0.29, 0.717) is 0 Å². The van der Waals surface area contributed by atoms with Gasteiger partial charge in [0, 0.05) is 0 Å². The van der Waals surface area contributed by atoms with Gasteiger partial charge in [-0.15, -0.1) is 0 Å². The molecule has 0 saturated carbocycles. The van der Waals surface area contributed by atoms with Crippen LogP contribution in [0.25, 0.3) is 0 Å². The smallest absolute Gasteiger partial charge is 0.211 e. The third-order valence-corrected chi connectivity index (χ3v) is 1.86. The molecule has 1 atom stereocenters. The number of nitriles is 1. The van der Waals surface area contributed by atoms with Crippen LogP contribution >= 0.6 is 0 Å². The van der Waals surface area contributed by atoms with Gasteiger partial charge in [-0.25, -0.2) is 4.79 Å². The first-order valence-corrected chi connectivity index (χ1v) is 4.13. The third kappa shape index (κ3) is 2.69. The minimum atomic E-state index is -4.42. The SMILES string of the molecule is N#CC(N=C=O)c1ccc(C(F)(F)F)cc1. The highest BCUT2D eigenvalue weighted by Gasteiger charge is 2.30. The molecular weight excluding hydrogens is 221 g/mol. The monoisotopic (exact) mass is 226 g/mol. The second-order valence-electron chi connectivity index (χ2n) is 2.87. The number of isocyanates is 1. The number of rotatable bonds is 2. The Morgan fingerprint density at radius 3 is 2.19 bits per heavy atom. The first-order valence-electron chi connectivity index (χ1n) is 4.13. The Morgan fingerprint density at radius 2 is 1.81 bits per heavy atom. The Labute approximate surface area is 88.8 Å². The lowest BCUT2D eigenvalue weighted by molar-refractivity contribution is -0.137. The van der Waals surface area contributed by atoms with Gasteiger partial charge in [0.25, 0.3) is 0 Å². The molecule has 0 heterocycles. The minimum Gasteiger partial charge on any atom is -0.211 e. The number of hydrogen-bond donors (Lipinski definition) is 0. The number of benzene rings is 1. The summed E-state index contributed by atoms with van der Waals surface area (Å²) in [5, 5.41) is 8.59. The topological polar surface area (TPSA) is 53.2 Å². The number of nitrogens with zero attached hydrogens (tertiary/aromatic N) is 2. The molecule has 0 bridgehead atoms. The molecule has 16 heavy (non-hydrogen) atoms. The van der Waals surface area contributed by atoms with E-state index in [1.165, 1.54) is 6.08 Å². The third-order valence-electron chi connectivity index (χ3n) is 1.86. The molecule has 6 heteroatoms. The van der Waals surface area contributed by atoms with E-state index in [9.17, 15) is 18.0 Å². The highest BCUT2D eigenvalue weighted by atomic mass is 19.4. The van der Waals surface area contributed by atoms with Gasteiger partial charge in [0.15, 0.2) is 6.04 Å². The van der Waals surface area contributed by atoms with E-state index < -0.39 is 17.8 Å². The summed E-state index contributed by atoms with van der Waals surface area (Å²) in [4.78, 5) is 13.1. The number of aliphatic imine (C=N–C) groups is 1.